The van der Waals surface area contributed by atoms with Crippen molar-refractivity contribution in [3.63, 3.8) is 0 Å². The topological polar surface area (TPSA) is 59.3 Å². The smallest absolute Gasteiger partial charge is 0.327 e. The van der Waals surface area contributed by atoms with Crippen molar-refractivity contribution < 1.29 is 14.7 Å². The van der Waals surface area contributed by atoms with Gasteiger partial charge in [0.2, 0.25) is 0 Å². The van der Waals surface area contributed by atoms with Crippen LogP contribution in [-0.2, 0) is 4.79 Å². The molecule has 4 heteroatoms. The number of aromatic nitrogens is 1. The molecule has 4 nitrogen and oxygen atoms in total. The highest BCUT2D eigenvalue weighted by Gasteiger charge is 2.32. The normalized spacial score (nSPS) is 21.0. The lowest BCUT2D eigenvalue weighted by Gasteiger charge is -2.04. The molecule has 1 aromatic heterocycles. The van der Waals surface area contributed by atoms with Gasteiger partial charge in [-0.25, -0.2) is 4.79 Å². The zero-order chi connectivity index (χ0) is 8.72. The van der Waals surface area contributed by atoms with Gasteiger partial charge >= 0.3 is 5.97 Å². The lowest BCUT2D eigenvalue weighted by molar-refractivity contribution is -0.140. The summed E-state index contributed by atoms with van der Waals surface area (Å²) in [5, 5.41) is 8.72. The number of hydrogen-bond donors (Lipinski definition) is 1. The average Bonchev–Trinajstić information content (AvgIpc) is 2.53. The number of Topliss-reactive ketones (excluding diaryl/α,β-unsaturated/α-hetero) is 1. The Balaban J connectivity index is 2.48. The summed E-state index contributed by atoms with van der Waals surface area (Å²) in [5.74, 6) is -1.04. The predicted octanol–water partition coefficient (Wildman–Crippen LogP) is 0.700. The van der Waals surface area contributed by atoms with Crippen LogP contribution in [-0.4, -0.2) is 21.4 Å². The van der Waals surface area contributed by atoms with Crippen molar-refractivity contribution >= 4 is 11.8 Å². The number of ketones is 1. The third kappa shape index (κ3) is 0.777. The molecule has 0 aliphatic carbocycles. The molecule has 1 atom stereocenters. The number of carbonyl (C=O) groups is 2. The fourth-order valence-electron chi connectivity index (χ4n) is 1.49. The lowest BCUT2D eigenvalue weighted by Crippen LogP contribution is -2.13. The molecule has 0 bridgehead atoms. The second-order valence-corrected chi connectivity index (χ2v) is 2.78. The maximum Gasteiger partial charge on any atom is 0.327 e. The minimum absolute atomic E-state index is 0.0888. The number of fused-ring (bicyclic) bond motifs is 1. The van der Waals surface area contributed by atoms with Crippen LogP contribution in [0.15, 0.2) is 18.3 Å². The van der Waals surface area contributed by atoms with Gasteiger partial charge < -0.3 is 9.67 Å². The number of carboxylic acid groups (broad SMARTS) is 1. The maximum atomic E-state index is 11.2. The summed E-state index contributed by atoms with van der Waals surface area (Å²) in [7, 11) is 0. The largest absolute Gasteiger partial charge is 0.480 e. The number of rotatable bonds is 1. The van der Waals surface area contributed by atoms with Crippen LogP contribution in [0.2, 0.25) is 0 Å². The summed E-state index contributed by atoms with van der Waals surface area (Å²) in [6.45, 7) is 0. The highest BCUT2D eigenvalue weighted by atomic mass is 16.4. The van der Waals surface area contributed by atoms with Gasteiger partial charge in [-0.05, 0) is 12.1 Å². The summed E-state index contributed by atoms with van der Waals surface area (Å²) in [4.78, 5) is 21.8. The van der Waals surface area contributed by atoms with Gasteiger partial charge in [0.1, 0.15) is 6.04 Å². The Hall–Kier alpha value is -1.58. The molecule has 1 aliphatic heterocycles. The van der Waals surface area contributed by atoms with E-state index in [2.05, 4.69) is 0 Å². The summed E-state index contributed by atoms with van der Waals surface area (Å²) in [6, 6.07) is 2.63. The number of carboxylic acids is 1. The monoisotopic (exact) mass is 165 g/mol. The summed E-state index contributed by atoms with van der Waals surface area (Å²) < 4.78 is 1.50. The number of nitrogens with zero attached hydrogens (tertiary/aromatic N) is 1. The van der Waals surface area contributed by atoms with Gasteiger partial charge in [-0.1, -0.05) is 0 Å². The van der Waals surface area contributed by atoms with Gasteiger partial charge in [0.25, 0.3) is 0 Å². The standard InChI is InChI=1S/C8H7NO3/c10-7-4-6(8(11)12)9-3-1-2-5(7)9/h1-3,6H,4H2,(H,11,12)/t6-/m1/s1. The van der Waals surface area contributed by atoms with Crippen molar-refractivity contribution in [1.82, 2.24) is 4.57 Å². The first kappa shape index (κ1) is 7.09. The van der Waals surface area contributed by atoms with Crippen LogP contribution < -0.4 is 0 Å². The van der Waals surface area contributed by atoms with E-state index < -0.39 is 12.0 Å². The van der Waals surface area contributed by atoms with Crippen LogP contribution in [0.25, 0.3) is 0 Å². The van der Waals surface area contributed by atoms with E-state index >= 15 is 0 Å². The van der Waals surface area contributed by atoms with Crippen molar-refractivity contribution in [3.8, 4) is 0 Å². The van der Waals surface area contributed by atoms with Crippen LogP contribution in [0.3, 0.4) is 0 Å². The second-order valence-electron chi connectivity index (χ2n) is 2.78. The quantitative estimate of drug-likeness (QED) is 0.666. The summed E-state index contributed by atoms with van der Waals surface area (Å²) in [6.07, 6.45) is 1.71. The number of aliphatic carboxylic acids is 1. The first-order chi connectivity index (χ1) is 5.70. The third-order valence-electron chi connectivity index (χ3n) is 2.06. The molecule has 0 radical (unpaired) electrons. The van der Waals surface area contributed by atoms with Crippen molar-refractivity contribution in [2.24, 2.45) is 0 Å². The Morgan fingerprint density at radius 2 is 2.42 bits per heavy atom. The van der Waals surface area contributed by atoms with Crippen molar-refractivity contribution in [2.45, 2.75) is 12.5 Å². The molecule has 0 saturated carbocycles. The molecule has 0 fully saturated rings. The molecule has 1 aromatic rings. The summed E-state index contributed by atoms with van der Waals surface area (Å²) in [5.41, 5.74) is 0.502. The van der Waals surface area contributed by atoms with Crippen LogP contribution in [0, 0.1) is 0 Å². The molecule has 0 unspecified atom stereocenters. The molecule has 0 aromatic carbocycles. The maximum absolute atomic E-state index is 11.2. The van der Waals surface area contributed by atoms with E-state index in [1.54, 1.807) is 18.3 Å². The van der Waals surface area contributed by atoms with Gasteiger partial charge in [-0.2, -0.15) is 0 Å². The van der Waals surface area contributed by atoms with E-state index in [0.29, 0.717) is 5.69 Å². The predicted molar refractivity (Wildman–Crippen MR) is 40.1 cm³/mol. The number of carbonyl (C=O) groups excluding carboxylic acids is 1. The highest BCUT2D eigenvalue weighted by molar-refractivity contribution is 6.00. The molecule has 1 N–H and O–H groups in total. The molecule has 2 heterocycles. The second kappa shape index (κ2) is 2.20. The van der Waals surface area contributed by atoms with Gasteiger partial charge in [0.15, 0.2) is 5.78 Å². The van der Waals surface area contributed by atoms with E-state index in [9.17, 15) is 9.59 Å². The van der Waals surface area contributed by atoms with E-state index in [1.807, 2.05) is 0 Å². The van der Waals surface area contributed by atoms with Gasteiger partial charge in [-0.15, -0.1) is 0 Å². The first-order valence-electron chi connectivity index (χ1n) is 3.63. The highest BCUT2D eigenvalue weighted by Crippen LogP contribution is 2.25. The first-order valence-corrected chi connectivity index (χ1v) is 3.63. The molecule has 62 valence electrons. The average molecular weight is 165 g/mol. The molecule has 0 spiro atoms. The van der Waals surface area contributed by atoms with Crippen molar-refractivity contribution in [3.05, 3.63) is 24.0 Å². The zero-order valence-electron chi connectivity index (χ0n) is 6.23. The molecular weight excluding hydrogens is 158 g/mol. The Kier molecular flexibility index (Phi) is 1.30. The van der Waals surface area contributed by atoms with E-state index in [-0.39, 0.29) is 12.2 Å². The molecule has 12 heavy (non-hydrogen) atoms. The molecule has 2 rings (SSSR count). The van der Waals surface area contributed by atoms with Gasteiger partial charge in [0, 0.05) is 12.6 Å². The fourth-order valence-corrected chi connectivity index (χ4v) is 1.49. The van der Waals surface area contributed by atoms with Crippen LogP contribution in [0.5, 0.6) is 0 Å². The van der Waals surface area contributed by atoms with Crippen LogP contribution in [0.1, 0.15) is 23.0 Å². The Morgan fingerprint density at radius 3 is 3.08 bits per heavy atom. The minimum Gasteiger partial charge on any atom is -0.480 e. The Morgan fingerprint density at radius 1 is 1.67 bits per heavy atom. The van der Waals surface area contributed by atoms with Crippen molar-refractivity contribution in [1.29, 1.82) is 0 Å². The van der Waals surface area contributed by atoms with E-state index in [4.69, 9.17) is 5.11 Å². The molecule has 0 amide bonds. The Labute approximate surface area is 68.4 Å². The van der Waals surface area contributed by atoms with Crippen LogP contribution in [0.4, 0.5) is 0 Å². The molecule has 1 aliphatic rings. The fraction of sp³-hybridized carbons (Fsp3) is 0.250. The van der Waals surface area contributed by atoms with Gasteiger partial charge in [0.05, 0.1) is 5.69 Å². The van der Waals surface area contributed by atoms with Crippen molar-refractivity contribution in [2.75, 3.05) is 0 Å². The minimum atomic E-state index is -0.946. The third-order valence-corrected chi connectivity index (χ3v) is 2.06. The molecular formula is C8H7NO3. The van der Waals surface area contributed by atoms with Gasteiger partial charge in [-0.3, -0.25) is 4.79 Å². The van der Waals surface area contributed by atoms with E-state index in [1.165, 1.54) is 4.57 Å². The van der Waals surface area contributed by atoms with Crippen LogP contribution >= 0.6 is 0 Å². The Bertz CT molecular complexity index is 353. The van der Waals surface area contributed by atoms with E-state index in [0.717, 1.165) is 0 Å². The summed E-state index contributed by atoms with van der Waals surface area (Å²) >= 11 is 0. The SMILES string of the molecule is O=C1C[C@H](C(=O)O)n2cccc21. The number of hydrogen-bond acceptors (Lipinski definition) is 2. The zero-order valence-corrected chi connectivity index (χ0v) is 6.23. The molecule has 0 saturated heterocycles. The lowest BCUT2D eigenvalue weighted by atomic mass is 10.2.